The molecule has 1 amide bonds. The van der Waals surface area contributed by atoms with E-state index in [9.17, 15) is 10.1 Å². The maximum absolute atomic E-state index is 13.0. The number of nitriles is 1. The molecular formula is C32H37ClN8O2. The molecule has 10 nitrogen and oxygen atoms in total. The highest BCUT2D eigenvalue weighted by Gasteiger charge is 2.39. The van der Waals surface area contributed by atoms with E-state index in [0.717, 1.165) is 64.5 Å². The van der Waals surface area contributed by atoms with Crippen LogP contribution in [0, 0.1) is 11.3 Å². The summed E-state index contributed by atoms with van der Waals surface area (Å²) in [6.07, 6.45) is 3.33. The number of likely N-dealkylation sites (tertiary alicyclic amines) is 1. The molecule has 4 aliphatic heterocycles. The summed E-state index contributed by atoms with van der Waals surface area (Å²) in [5.41, 5.74) is 3.17. The van der Waals surface area contributed by atoms with E-state index < -0.39 is 0 Å². The van der Waals surface area contributed by atoms with Gasteiger partial charge >= 0.3 is 6.01 Å². The number of halogens is 1. The average molecular weight is 601 g/mol. The number of hydrogen-bond donors (Lipinski definition) is 1. The molecule has 0 spiro atoms. The third-order valence-electron chi connectivity index (χ3n) is 9.37. The van der Waals surface area contributed by atoms with Gasteiger partial charge in [-0.1, -0.05) is 35.9 Å². The Morgan fingerprint density at radius 3 is 2.72 bits per heavy atom. The molecule has 1 N–H and O–H groups in total. The third-order valence-corrected chi connectivity index (χ3v) is 9.69. The molecule has 3 saturated heterocycles. The zero-order valence-electron chi connectivity index (χ0n) is 24.5. The maximum atomic E-state index is 13.0. The molecule has 0 radical (unpaired) electrons. The first-order valence-electron chi connectivity index (χ1n) is 15.3. The Morgan fingerprint density at radius 2 is 1.95 bits per heavy atom. The minimum absolute atomic E-state index is 0.0960. The van der Waals surface area contributed by atoms with Gasteiger partial charge in [0.05, 0.1) is 41.8 Å². The van der Waals surface area contributed by atoms with Gasteiger partial charge in [0, 0.05) is 55.4 Å². The number of carbonyl (C=O) groups excluding carboxylic acids is 1. The van der Waals surface area contributed by atoms with Gasteiger partial charge in [0.15, 0.2) is 0 Å². The van der Waals surface area contributed by atoms with E-state index in [1.54, 1.807) is 0 Å². The lowest BCUT2D eigenvalue weighted by atomic mass is 10.0. The minimum atomic E-state index is -0.186. The van der Waals surface area contributed by atoms with Crippen molar-refractivity contribution in [3.63, 3.8) is 0 Å². The van der Waals surface area contributed by atoms with Gasteiger partial charge in [0.25, 0.3) is 0 Å². The SMILES string of the molecule is CN1CCCC1COc1nc2c(c(N3CCN(C(=O)C4CN4)C(CC#N)C3)n1)CCN(c1cccc3cccc(Cl)c13)C2. The Hall–Kier alpha value is -3.65. The summed E-state index contributed by atoms with van der Waals surface area (Å²) < 4.78 is 6.31. The molecule has 3 fully saturated rings. The number of fused-ring (bicyclic) bond motifs is 2. The predicted molar refractivity (Wildman–Crippen MR) is 167 cm³/mol. The molecule has 0 bridgehead atoms. The fourth-order valence-electron chi connectivity index (χ4n) is 6.87. The van der Waals surface area contributed by atoms with Gasteiger partial charge in [-0.25, -0.2) is 0 Å². The van der Waals surface area contributed by atoms with Crippen LogP contribution in [-0.2, 0) is 17.8 Å². The summed E-state index contributed by atoms with van der Waals surface area (Å²) in [7, 11) is 2.14. The van der Waals surface area contributed by atoms with Crippen LogP contribution in [0.15, 0.2) is 36.4 Å². The van der Waals surface area contributed by atoms with Crippen molar-refractivity contribution in [2.45, 2.75) is 50.4 Å². The Morgan fingerprint density at radius 1 is 1.12 bits per heavy atom. The number of ether oxygens (including phenoxy) is 1. The largest absolute Gasteiger partial charge is 0.462 e. The molecule has 3 atom stereocenters. The second-order valence-corrected chi connectivity index (χ2v) is 12.5. The number of benzene rings is 2. The summed E-state index contributed by atoms with van der Waals surface area (Å²) in [6.45, 7) is 5.52. The molecular weight excluding hydrogens is 564 g/mol. The van der Waals surface area contributed by atoms with Crippen molar-refractivity contribution in [3.8, 4) is 12.1 Å². The van der Waals surface area contributed by atoms with Gasteiger partial charge in [-0.15, -0.1) is 0 Å². The number of hydrogen-bond acceptors (Lipinski definition) is 9. The van der Waals surface area contributed by atoms with Crippen molar-refractivity contribution in [3.05, 3.63) is 52.7 Å². The Bertz CT molecular complexity index is 1570. The lowest BCUT2D eigenvalue weighted by molar-refractivity contribution is -0.133. The number of carbonyl (C=O) groups is 1. The van der Waals surface area contributed by atoms with Crippen LogP contribution in [-0.4, -0.2) is 96.7 Å². The number of likely N-dealkylation sites (N-methyl/N-ethyl adjacent to an activating group) is 1. The first kappa shape index (κ1) is 28.1. The summed E-state index contributed by atoms with van der Waals surface area (Å²) in [6, 6.07) is 15.1. The predicted octanol–water partition coefficient (Wildman–Crippen LogP) is 3.22. The van der Waals surface area contributed by atoms with E-state index in [1.165, 1.54) is 6.42 Å². The van der Waals surface area contributed by atoms with Crippen LogP contribution in [0.1, 0.15) is 30.5 Å². The summed E-state index contributed by atoms with van der Waals surface area (Å²) >= 11 is 6.71. The van der Waals surface area contributed by atoms with Crippen molar-refractivity contribution >= 4 is 39.8 Å². The normalized spacial score (nSPS) is 23.7. The van der Waals surface area contributed by atoms with Crippen LogP contribution in [0.5, 0.6) is 6.01 Å². The van der Waals surface area contributed by atoms with Crippen LogP contribution in [0.2, 0.25) is 5.02 Å². The molecule has 3 aromatic rings. The first-order valence-corrected chi connectivity index (χ1v) is 15.7. The van der Waals surface area contributed by atoms with Crippen LogP contribution in [0.25, 0.3) is 10.8 Å². The van der Waals surface area contributed by atoms with Crippen LogP contribution in [0.4, 0.5) is 11.5 Å². The summed E-state index contributed by atoms with van der Waals surface area (Å²) in [5.74, 6) is 0.966. The molecule has 0 aliphatic carbocycles. The van der Waals surface area contributed by atoms with E-state index in [0.29, 0.717) is 51.4 Å². The highest BCUT2D eigenvalue weighted by atomic mass is 35.5. The zero-order chi connectivity index (χ0) is 29.5. The van der Waals surface area contributed by atoms with Crippen molar-refractivity contribution in [1.29, 1.82) is 5.26 Å². The van der Waals surface area contributed by atoms with E-state index in [4.69, 9.17) is 26.3 Å². The fraction of sp³-hybridized carbons (Fsp3) is 0.500. The molecule has 0 saturated carbocycles. The number of piperazine rings is 1. The van der Waals surface area contributed by atoms with Gasteiger partial charge in [-0.3, -0.25) is 4.79 Å². The van der Waals surface area contributed by atoms with Gasteiger partial charge in [-0.2, -0.15) is 15.2 Å². The van der Waals surface area contributed by atoms with E-state index in [1.807, 2.05) is 17.0 Å². The molecule has 11 heteroatoms. The van der Waals surface area contributed by atoms with E-state index in [-0.39, 0.29) is 24.4 Å². The van der Waals surface area contributed by atoms with Crippen LogP contribution in [0.3, 0.4) is 0 Å². The summed E-state index contributed by atoms with van der Waals surface area (Å²) in [4.78, 5) is 31.8. The van der Waals surface area contributed by atoms with Crippen molar-refractivity contribution < 1.29 is 9.53 Å². The fourth-order valence-corrected chi connectivity index (χ4v) is 7.15. The van der Waals surface area contributed by atoms with Crippen molar-refractivity contribution in [1.82, 2.24) is 25.1 Å². The number of amides is 1. The number of rotatable bonds is 7. The number of nitrogens with zero attached hydrogens (tertiary/aromatic N) is 7. The molecule has 3 unspecified atom stereocenters. The molecule has 1 aromatic heterocycles. The highest BCUT2D eigenvalue weighted by molar-refractivity contribution is 6.36. The maximum Gasteiger partial charge on any atom is 0.318 e. The Labute approximate surface area is 257 Å². The molecule has 2 aromatic carbocycles. The van der Waals surface area contributed by atoms with Gasteiger partial charge in [-0.05, 0) is 50.4 Å². The average Bonchev–Trinajstić information content (AvgIpc) is 3.80. The minimum Gasteiger partial charge on any atom is -0.462 e. The first-order chi connectivity index (χ1) is 21.0. The topological polar surface area (TPSA) is 111 Å². The van der Waals surface area contributed by atoms with E-state index in [2.05, 4.69) is 57.4 Å². The van der Waals surface area contributed by atoms with Crippen molar-refractivity contribution in [2.24, 2.45) is 0 Å². The standard InChI is InChI=1S/C32H37ClN8O2/c1-38-13-4-7-23(38)20-43-32-36-27-19-39(28-9-3-6-21-5-2-8-25(33)29(21)28)14-11-24(27)30(37-32)40-15-16-41(22(18-40)10-12-34)31(42)26-17-35-26/h2-3,5-6,8-9,22-23,26,35H,4,7,10-11,13-20H2,1H3. The zero-order valence-corrected chi connectivity index (χ0v) is 25.3. The van der Waals surface area contributed by atoms with Gasteiger partial charge in [0.1, 0.15) is 12.4 Å². The van der Waals surface area contributed by atoms with Gasteiger partial charge < -0.3 is 29.7 Å². The Balaban J connectivity index is 1.21. The number of anilines is 2. The quantitative estimate of drug-likeness (QED) is 0.409. The molecule has 7 rings (SSSR count). The highest BCUT2D eigenvalue weighted by Crippen LogP contribution is 2.37. The summed E-state index contributed by atoms with van der Waals surface area (Å²) in [5, 5.41) is 15.6. The lowest BCUT2D eigenvalue weighted by Gasteiger charge is -2.42. The molecule has 224 valence electrons. The molecule has 43 heavy (non-hydrogen) atoms. The number of nitrogens with one attached hydrogen (secondary N) is 1. The molecule has 5 heterocycles. The van der Waals surface area contributed by atoms with Gasteiger partial charge in [0.2, 0.25) is 5.91 Å². The smallest absolute Gasteiger partial charge is 0.318 e. The van der Waals surface area contributed by atoms with E-state index >= 15 is 0 Å². The molecule has 4 aliphatic rings. The second kappa shape index (κ2) is 11.8. The monoisotopic (exact) mass is 600 g/mol. The van der Waals surface area contributed by atoms with Crippen molar-refractivity contribution in [2.75, 3.05) is 62.7 Å². The lowest BCUT2D eigenvalue weighted by Crippen LogP contribution is -2.57. The van der Waals surface area contributed by atoms with Crippen LogP contribution < -0.4 is 19.9 Å². The Kier molecular flexibility index (Phi) is 7.72. The third kappa shape index (κ3) is 5.57. The number of aromatic nitrogens is 2. The van der Waals surface area contributed by atoms with Crippen LogP contribution >= 0.6 is 11.6 Å². The second-order valence-electron chi connectivity index (χ2n) is 12.1.